The fourth-order valence-corrected chi connectivity index (χ4v) is 3.86. The van der Waals surface area contributed by atoms with Crippen LogP contribution in [0.3, 0.4) is 0 Å². The van der Waals surface area contributed by atoms with Crippen LogP contribution in [0.5, 0.6) is 0 Å². The van der Waals surface area contributed by atoms with Gasteiger partial charge in [0.25, 0.3) is 0 Å². The Labute approximate surface area is 191 Å². The van der Waals surface area contributed by atoms with Crippen LogP contribution in [0.25, 0.3) is 27.7 Å². The van der Waals surface area contributed by atoms with E-state index in [1.807, 2.05) is 79.7 Å². The van der Waals surface area contributed by atoms with Crippen LogP contribution in [0.4, 0.5) is 4.39 Å². The van der Waals surface area contributed by atoms with Crippen molar-refractivity contribution in [1.29, 1.82) is 0 Å². The molecule has 0 spiro atoms. The average molecular weight is 433 g/mol. The Morgan fingerprint density at radius 3 is 2.52 bits per heavy atom. The number of aryl methyl sites for hydroxylation is 1. The maximum atomic E-state index is 15.8. The first-order valence-electron chi connectivity index (χ1n) is 10.6. The summed E-state index contributed by atoms with van der Waals surface area (Å²) >= 11 is 0. The van der Waals surface area contributed by atoms with Gasteiger partial charge in [0.15, 0.2) is 5.82 Å². The number of aromatic nitrogens is 3. The van der Waals surface area contributed by atoms with E-state index in [0.717, 1.165) is 39.0 Å². The summed E-state index contributed by atoms with van der Waals surface area (Å²) in [7, 11) is 0. The van der Waals surface area contributed by atoms with Gasteiger partial charge in [-0.25, -0.2) is 9.07 Å². The lowest BCUT2D eigenvalue weighted by atomic mass is 10.0. The Morgan fingerprint density at radius 1 is 0.939 bits per heavy atom. The minimum Gasteiger partial charge on any atom is -0.326 e. The van der Waals surface area contributed by atoms with Gasteiger partial charge in [-0.3, -0.25) is 4.98 Å². The van der Waals surface area contributed by atoms with Gasteiger partial charge in [-0.15, -0.1) is 0 Å². The highest BCUT2D eigenvalue weighted by Crippen LogP contribution is 2.32. The highest BCUT2D eigenvalue weighted by Gasteiger charge is 2.17. The fourth-order valence-electron chi connectivity index (χ4n) is 3.86. The number of fused-ring (bicyclic) bond motifs is 1. The van der Waals surface area contributed by atoms with Gasteiger partial charge in [0, 0.05) is 41.0 Å². The molecular weight excluding hydrogens is 411 g/mol. The quantitative estimate of drug-likeness (QED) is 0.389. The third kappa shape index (κ3) is 4.00. The molecule has 0 amide bonds. The van der Waals surface area contributed by atoms with Gasteiger partial charge in [0.2, 0.25) is 0 Å². The van der Waals surface area contributed by atoms with Crippen molar-refractivity contribution in [2.24, 2.45) is 5.73 Å². The zero-order valence-electron chi connectivity index (χ0n) is 18.1. The van der Waals surface area contributed by atoms with Gasteiger partial charge in [-0.05, 0) is 54.4 Å². The van der Waals surface area contributed by atoms with Gasteiger partial charge in [-0.2, -0.15) is 5.10 Å². The van der Waals surface area contributed by atoms with Crippen molar-refractivity contribution in [1.82, 2.24) is 14.8 Å². The highest BCUT2D eigenvalue weighted by atomic mass is 19.1. The van der Waals surface area contributed by atoms with Crippen molar-refractivity contribution < 1.29 is 4.39 Å². The Hall–Kier alpha value is -4.27. The molecule has 0 saturated carbocycles. The van der Waals surface area contributed by atoms with Crippen LogP contribution in [0.1, 0.15) is 22.4 Å². The second-order valence-corrected chi connectivity index (χ2v) is 7.76. The number of halogens is 1. The number of nitrogens with zero attached hydrogens (tertiary/aromatic N) is 3. The smallest absolute Gasteiger partial charge is 0.157 e. The van der Waals surface area contributed by atoms with E-state index < -0.39 is 0 Å². The summed E-state index contributed by atoms with van der Waals surface area (Å²) in [5.74, 6) is 5.90. The lowest BCUT2D eigenvalue weighted by Gasteiger charge is -2.09. The summed E-state index contributed by atoms with van der Waals surface area (Å²) < 4.78 is 17.5. The second-order valence-electron chi connectivity index (χ2n) is 7.76. The summed E-state index contributed by atoms with van der Waals surface area (Å²) in [6.07, 6.45) is 3.44. The van der Waals surface area contributed by atoms with Crippen molar-refractivity contribution in [3.63, 3.8) is 0 Å². The summed E-state index contributed by atoms with van der Waals surface area (Å²) in [5, 5.41) is 5.40. The van der Waals surface area contributed by atoms with Crippen LogP contribution < -0.4 is 5.73 Å². The highest BCUT2D eigenvalue weighted by molar-refractivity contribution is 5.89. The number of benzene rings is 3. The van der Waals surface area contributed by atoms with Crippen LogP contribution in [0.15, 0.2) is 85.2 Å². The molecule has 5 heteroatoms. The van der Waals surface area contributed by atoms with Crippen molar-refractivity contribution in [2.75, 3.05) is 0 Å². The zero-order valence-corrected chi connectivity index (χ0v) is 18.1. The predicted octanol–water partition coefficient (Wildman–Crippen LogP) is 5.39. The molecule has 0 aliphatic heterocycles. The lowest BCUT2D eigenvalue weighted by Crippen LogP contribution is -2.02. The largest absolute Gasteiger partial charge is 0.326 e. The fraction of sp³-hybridized carbons (Fsp3) is 0.0714. The number of pyridine rings is 1. The first-order chi connectivity index (χ1) is 16.1. The molecule has 0 fully saturated rings. The lowest BCUT2D eigenvalue weighted by molar-refractivity contribution is 0.635. The Kier molecular flexibility index (Phi) is 5.43. The minimum atomic E-state index is -0.305. The molecule has 2 heterocycles. The first kappa shape index (κ1) is 20.6. The van der Waals surface area contributed by atoms with Crippen molar-refractivity contribution in [3.8, 4) is 28.7 Å². The molecule has 0 radical (unpaired) electrons. The van der Waals surface area contributed by atoms with Crippen molar-refractivity contribution in [3.05, 3.63) is 113 Å². The van der Waals surface area contributed by atoms with E-state index in [4.69, 9.17) is 5.73 Å². The minimum absolute atomic E-state index is 0.305. The number of hydrogen-bond donors (Lipinski definition) is 1. The maximum Gasteiger partial charge on any atom is 0.157 e. The molecule has 160 valence electrons. The molecule has 33 heavy (non-hydrogen) atoms. The molecule has 0 aliphatic rings. The number of rotatable bonds is 3. The van der Waals surface area contributed by atoms with Crippen LogP contribution in [-0.2, 0) is 6.54 Å². The van der Waals surface area contributed by atoms with Gasteiger partial charge in [-0.1, -0.05) is 48.2 Å². The van der Waals surface area contributed by atoms with E-state index in [-0.39, 0.29) is 5.82 Å². The van der Waals surface area contributed by atoms with E-state index >= 15 is 4.39 Å². The summed E-state index contributed by atoms with van der Waals surface area (Å²) in [6, 6.07) is 22.8. The summed E-state index contributed by atoms with van der Waals surface area (Å²) in [4.78, 5) is 4.07. The molecule has 5 rings (SSSR count). The van der Waals surface area contributed by atoms with Crippen LogP contribution in [0, 0.1) is 24.6 Å². The Morgan fingerprint density at radius 2 is 1.76 bits per heavy atom. The number of nitrogens with two attached hydrogens (primary N) is 1. The molecule has 0 atom stereocenters. The molecule has 4 nitrogen and oxygen atoms in total. The van der Waals surface area contributed by atoms with E-state index in [2.05, 4.69) is 21.9 Å². The third-order valence-electron chi connectivity index (χ3n) is 5.57. The van der Waals surface area contributed by atoms with Gasteiger partial charge in [0.05, 0.1) is 11.4 Å². The summed E-state index contributed by atoms with van der Waals surface area (Å²) in [6.45, 7) is 2.30. The molecule has 0 bridgehead atoms. The summed E-state index contributed by atoms with van der Waals surface area (Å²) in [5.41, 5.74) is 11.8. The molecule has 5 aromatic rings. The van der Waals surface area contributed by atoms with Gasteiger partial charge < -0.3 is 5.73 Å². The van der Waals surface area contributed by atoms with E-state index in [1.54, 1.807) is 17.1 Å². The molecule has 2 aromatic heterocycles. The molecular formula is C28H21FN4. The monoisotopic (exact) mass is 432 g/mol. The Balaban J connectivity index is 1.55. The number of hydrogen-bond acceptors (Lipinski definition) is 3. The van der Waals surface area contributed by atoms with E-state index in [9.17, 15) is 0 Å². The van der Waals surface area contributed by atoms with Crippen molar-refractivity contribution in [2.45, 2.75) is 13.5 Å². The topological polar surface area (TPSA) is 56.7 Å². The molecule has 0 saturated heterocycles. The van der Waals surface area contributed by atoms with E-state index in [1.165, 1.54) is 0 Å². The molecule has 2 N–H and O–H groups in total. The first-order valence-corrected chi connectivity index (χ1v) is 10.6. The van der Waals surface area contributed by atoms with Gasteiger partial charge >= 0.3 is 0 Å². The van der Waals surface area contributed by atoms with Crippen LogP contribution >= 0.6 is 0 Å². The Bertz CT molecular complexity index is 1510. The molecule has 3 aromatic carbocycles. The predicted molar refractivity (Wildman–Crippen MR) is 129 cm³/mol. The third-order valence-corrected chi connectivity index (χ3v) is 5.57. The van der Waals surface area contributed by atoms with Crippen LogP contribution in [-0.4, -0.2) is 14.8 Å². The maximum absolute atomic E-state index is 15.8. The standard InChI is InChI=1S/C28H21FN4/c1-19-25-13-14-26(23-11-9-20(10-12-23)7-8-21-5-3-15-31-18-21)27(29)28(25)33(32-19)24-6-2-4-22(16-24)17-30/h2-6,9-16,18H,17,30H2,1H3. The van der Waals surface area contributed by atoms with Crippen LogP contribution in [0.2, 0.25) is 0 Å². The normalized spacial score (nSPS) is 10.8. The SMILES string of the molecule is Cc1nn(-c2cccc(CN)c2)c2c(F)c(-c3ccc(C#Cc4cccnc4)cc3)ccc12. The molecule has 0 unspecified atom stereocenters. The zero-order chi connectivity index (χ0) is 22.8. The second kappa shape index (κ2) is 8.70. The molecule has 0 aliphatic carbocycles. The average Bonchev–Trinajstić information content (AvgIpc) is 3.21. The van der Waals surface area contributed by atoms with Gasteiger partial charge in [0.1, 0.15) is 5.52 Å². The van der Waals surface area contributed by atoms with Crippen molar-refractivity contribution >= 4 is 10.9 Å². The van der Waals surface area contributed by atoms with E-state index in [0.29, 0.717) is 17.6 Å².